The molecule has 1 fully saturated rings. The molecule has 2 aromatic rings. The van der Waals surface area contributed by atoms with Gasteiger partial charge in [0.05, 0.1) is 5.02 Å². The molecule has 1 aliphatic rings. The lowest BCUT2D eigenvalue weighted by Gasteiger charge is -2.10. The van der Waals surface area contributed by atoms with Gasteiger partial charge in [-0.15, -0.1) is 0 Å². The van der Waals surface area contributed by atoms with Gasteiger partial charge in [-0.3, -0.25) is 0 Å². The van der Waals surface area contributed by atoms with Gasteiger partial charge in [-0.2, -0.15) is 4.98 Å². The molecule has 1 N–H and O–H groups in total. The van der Waals surface area contributed by atoms with E-state index in [1.54, 1.807) is 0 Å². The van der Waals surface area contributed by atoms with Gasteiger partial charge < -0.3 is 10.1 Å². The Kier molecular flexibility index (Phi) is 4.08. The number of hydrogen-bond donors (Lipinski definition) is 1. The highest BCUT2D eigenvalue weighted by Gasteiger charge is 2.20. The van der Waals surface area contributed by atoms with Gasteiger partial charge in [-0.05, 0) is 44.4 Å². The second kappa shape index (κ2) is 6.00. The van der Waals surface area contributed by atoms with Gasteiger partial charge in [0, 0.05) is 30.0 Å². The van der Waals surface area contributed by atoms with Crippen LogP contribution in [0, 0.1) is 13.8 Å². The molecule has 1 aliphatic carbocycles. The van der Waals surface area contributed by atoms with Crippen LogP contribution in [0.15, 0.2) is 24.4 Å². The van der Waals surface area contributed by atoms with Crippen LogP contribution in [-0.2, 0) is 6.54 Å². The van der Waals surface area contributed by atoms with Crippen molar-refractivity contribution in [3.05, 3.63) is 46.2 Å². The summed E-state index contributed by atoms with van der Waals surface area (Å²) in [4.78, 5) is 8.68. The molecule has 0 spiro atoms. The fraction of sp³-hybridized carbons (Fsp3) is 0.375. The Labute approximate surface area is 129 Å². The molecule has 1 aromatic heterocycles. The predicted molar refractivity (Wildman–Crippen MR) is 82.9 cm³/mol. The maximum atomic E-state index is 6.12. The number of halogens is 1. The lowest BCUT2D eigenvalue weighted by molar-refractivity contribution is 0.439. The zero-order valence-electron chi connectivity index (χ0n) is 12.2. The van der Waals surface area contributed by atoms with Crippen molar-refractivity contribution in [2.24, 2.45) is 0 Å². The van der Waals surface area contributed by atoms with Gasteiger partial charge in [0.25, 0.3) is 0 Å². The van der Waals surface area contributed by atoms with Gasteiger partial charge in [0.1, 0.15) is 5.75 Å². The molecule has 1 saturated carbocycles. The summed E-state index contributed by atoms with van der Waals surface area (Å²) in [6.45, 7) is 4.76. The Morgan fingerprint density at radius 1 is 1.33 bits per heavy atom. The van der Waals surface area contributed by atoms with E-state index in [4.69, 9.17) is 16.3 Å². The fourth-order valence-corrected chi connectivity index (χ4v) is 2.18. The van der Waals surface area contributed by atoms with E-state index in [-0.39, 0.29) is 0 Å². The summed E-state index contributed by atoms with van der Waals surface area (Å²) >= 11 is 6.12. The van der Waals surface area contributed by atoms with Crippen LogP contribution in [0.4, 0.5) is 0 Å². The molecule has 0 radical (unpaired) electrons. The minimum Gasteiger partial charge on any atom is -0.423 e. The van der Waals surface area contributed by atoms with Crippen LogP contribution in [0.1, 0.15) is 29.7 Å². The number of benzene rings is 1. The predicted octanol–water partition coefficient (Wildman–Crippen LogP) is 3.79. The summed E-state index contributed by atoms with van der Waals surface area (Å²) < 4.78 is 5.69. The summed E-state index contributed by atoms with van der Waals surface area (Å²) in [5.41, 5.74) is 3.11. The van der Waals surface area contributed by atoms with Crippen molar-refractivity contribution in [3.8, 4) is 11.8 Å². The lowest BCUT2D eigenvalue weighted by atomic mass is 10.2. The average Bonchev–Trinajstić information content (AvgIpc) is 3.26. The van der Waals surface area contributed by atoms with Crippen molar-refractivity contribution in [2.75, 3.05) is 0 Å². The highest BCUT2D eigenvalue weighted by molar-refractivity contribution is 6.32. The number of ether oxygens (including phenoxy) is 1. The fourth-order valence-electron chi connectivity index (χ4n) is 2.02. The minimum absolute atomic E-state index is 0.329. The van der Waals surface area contributed by atoms with Crippen LogP contribution < -0.4 is 10.1 Å². The summed E-state index contributed by atoms with van der Waals surface area (Å²) in [6.07, 6.45) is 4.36. The first-order valence-corrected chi connectivity index (χ1v) is 7.49. The molecule has 0 saturated heterocycles. The van der Waals surface area contributed by atoms with Crippen LogP contribution >= 0.6 is 11.6 Å². The molecule has 1 aromatic carbocycles. The molecule has 0 aliphatic heterocycles. The molecule has 21 heavy (non-hydrogen) atoms. The van der Waals surface area contributed by atoms with Crippen LogP contribution in [0.3, 0.4) is 0 Å². The van der Waals surface area contributed by atoms with E-state index >= 15 is 0 Å². The van der Waals surface area contributed by atoms with Crippen LogP contribution in [0.5, 0.6) is 11.8 Å². The second-order valence-electron chi connectivity index (χ2n) is 5.45. The number of nitrogens with one attached hydrogen (secondary N) is 1. The maximum Gasteiger partial charge on any atom is 0.322 e. The number of rotatable bonds is 5. The molecule has 0 atom stereocenters. The van der Waals surface area contributed by atoms with E-state index in [1.165, 1.54) is 12.8 Å². The maximum absolute atomic E-state index is 6.12. The van der Waals surface area contributed by atoms with E-state index in [0.29, 0.717) is 22.8 Å². The summed E-state index contributed by atoms with van der Waals surface area (Å²) in [5, 5.41) is 4.01. The molecule has 5 heteroatoms. The minimum atomic E-state index is 0.329. The van der Waals surface area contributed by atoms with Crippen molar-refractivity contribution in [3.63, 3.8) is 0 Å². The summed E-state index contributed by atoms with van der Waals surface area (Å²) in [7, 11) is 0. The number of aryl methyl sites for hydroxylation is 2. The molecule has 0 bridgehead atoms. The molecule has 3 rings (SSSR count). The number of hydrogen-bond acceptors (Lipinski definition) is 4. The van der Waals surface area contributed by atoms with E-state index in [2.05, 4.69) is 15.3 Å². The third-order valence-electron chi connectivity index (χ3n) is 3.51. The molecular formula is C16H18ClN3O. The van der Waals surface area contributed by atoms with Crippen molar-refractivity contribution < 1.29 is 4.74 Å². The van der Waals surface area contributed by atoms with Crippen molar-refractivity contribution >= 4 is 11.6 Å². The smallest absolute Gasteiger partial charge is 0.322 e. The zero-order valence-corrected chi connectivity index (χ0v) is 12.9. The summed E-state index contributed by atoms with van der Waals surface area (Å²) in [5.74, 6) is 0.583. The zero-order chi connectivity index (χ0) is 14.8. The molecule has 0 amide bonds. The Balaban J connectivity index is 1.73. The van der Waals surface area contributed by atoms with Gasteiger partial charge in [-0.1, -0.05) is 17.7 Å². The number of aromatic nitrogens is 2. The van der Waals surface area contributed by atoms with E-state index in [9.17, 15) is 0 Å². The highest BCUT2D eigenvalue weighted by Crippen LogP contribution is 2.28. The van der Waals surface area contributed by atoms with Crippen molar-refractivity contribution in [1.29, 1.82) is 0 Å². The highest BCUT2D eigenvalue weighted by atomic mass is 35.5. The first-order chi connectivity index (χ1) is 10.1. The normalized spacial score (nSPS) is 14.2. The largest absolute Gasteiger partial charge is 0.423 e. The Morgan fingerprint density at radius 2 is 2.14 bits per heavy atom. The third kappa shape index (κ3) is 3.71. The van der Waals surface area contributed by atoms with Gasteiger partial charge in [0.15, 0.2) is 0 Å². The molecule has 110 valence electrons. The van der Waals surface area contributed by atoms with Crippen molar-refractivity contribution in [2.45, 2.75) is 39.3 Å². The second-order valence-corrected chi connectivity index (χ2v) is 5.86. The quantitative estimate of drug-likeness (QED) is 0.913. The first kappa shape index (κ1) is 14.3. The molecule has 0 unspecified atom stereocenters. The molecule has 1 heterocycles. The Bertz CT molecular complexity index is 656. The van der Waals surface area contributed by atoms with Crippen molar-refractivity contribution in [1.82, 2.24) is 15.3 Å². The number of nitrogens with zero attached hydrogens (tertiary/aromatic N) is 2. The Hall–Kier alpha value is -1.65. The van der Waals surface area contributed by atoms with Gasteiger partial charge in [0.2, 0.25) is 0 Å². The van der Waals surface area contributed by atoms with Crippen LogP contribution in [-0.4, -0.2) is 16.0 Å². The third-order valence-corrected chi connectivity index (χ3v) is 3.82. The lowest BCUT2D eigenvalue weighted by Crippen LogP contribution is -2.16. The van der Waals surface area contributed by atoms with Crippen LogP contribution in [0.25, 0.3) is 0 Å². The molecular weight excluding hydrogens is 286 g/mol. The van der Waals surface area contributed by atoms with E-state index in [0.717, 1.165) is 23.4 Å². The van der Waals surface area contributed by atoms with E-state index in [1.807, 2.05) is 38.2 Å². The summed E-state index contributed by atoms with van der Waals surface area (Å²) in [6, 6.07) is 6.63. The SMILES string of the molecule is Cc1ccc(Cl)c(Oc2ncc(CNC3CC3)c(C)n2)c1. The standard InChI is InChI=1S/C16H18ClN3O/c1-10-3-6-14(17)15(7-10)21-16-19-9-12(11(2)20-16)8-18-13-4-5-13/h3,6-7,9,13,18H,4-5,8H2,1-2H3. The van der Waals surface area contributed by atoms with Crippen LogP contribution in [0.2, 0.25) is 5.02 Å². The van der Waals surface area contributed by atoms with Gasteiger partial charge in [-0.25, -0.2) is 4.98 Å². The first-order valence-electron chi connectivity index (χ1n) is 7.12. The monoisotopic (exact) mass is 303 g/mol. The topological polar surface area (TPSA) is 47.0 Å². The van der Waals surface area contributed by atoms with Gasteiger partial charge >= 0.3 is 6.01 Å². The average molecular weight is 304 g/mol. The Morgan fingerprint density at radius 3 is 2.86 bits per heavy atom. The molecule has 4 nitrogen and oxygen atoms in total. The van der Waals surface area contributed by atoms with E-state index < -0.39 is 0 Å².